The quantitative estimate of drug-likeness (QED) is 0.447. The summed E-state index contributed by atoms with van der Waals surface area (Å²) >= 11 is 1.22. The van der Waals surface area contributed by atoms with Crippen molar-refractivity contribution in [3.8, 4) is 5.75 Å². The Morgan fingerprint density at radius 3 is 2.38 bits per heavy atom. The third-order valence-electron chi connectivity index (χ3n) is 4.60. The number of hydrogen-bond donors (Lipinski definition) is 2. The van der Waals surface area contributed by atoms with Crippen LogP contribution in [-0.4, -0.2) is 29.4 Å². The van der Waals surface area contributed by atoms with Crippen molar-refractivity contribution in [2.24, 2.45) is 0 Å². The van der Waals surface area contributed by atoms with E-state index in [1.165, 1.54) is 41.6 Å². The molecule has 0 aliphatic heterocycles. The Hall–Kier alpha value is -3.32. The van der Waals surface area contributed by atoms with E-state index in [1.807, 2.05) is 48.5 Å². The van der Waals surface area contributed by atoms with Gasteiger partial charge in [0.05, 0.1) is 23.3 Å². The number of benzene rings is 3. The van der Waals surface area contributed by atoms with Crippen LogP contribution in [0.1, 0.15) is 12.5 Å². The largest absolute Gasteiger partial charge is 0.491 e. The molecular formula is C25H25FN2O3S. The first-order valence-corrected chi connectivity index (χ1v) is 11.3. The normalized spacial score (nSPS) is 11.4. The van der Waals surface area contributed by atoms with Crippen molar-refractivity contribution < 1.29 is 18.7 Å². The highest BCUT2D eigenvalue weighted by Crippen LogP contribution is 2.25. The van der Waals surface area contributed by atoms with E-state index in [0.29, 0.717) is 23.7 Å². The van der Waals surface area contributed by atoms with Crippen molar-refractivity contribution in [3.63, 3.8) is 0 Å². The molecule has 3 rings (SSSR count). The molecule has 2 N–H and O–H groups in total. The van der Waals surface area contributed by atoms with E-state index in [-0.39, 0.29) is 23.4 Å². The standard InChI is InChI=1S/C25H25FN2O3S/c1-18(32-17-24(29)27-21-13-11-20(26)12-14-21)25(30)28-22-9-5-6-10-23(22)31-16-15-19-7-3-2-4-8-19/h2-14,18H,15-17H2,1H3,(H,27,29)(H,28,30). The van der Waals surface area contributed by atoms with Gasteiger partial charge in [0.25, 0.3) is 0 Å². The minimum absolute atomic E-state index is 0.0984. The van der Waals surface area contributed by atoms with Crippen molar-refractivity contribution in [3.05, 3.63) is 90.2 Å². The molecule has 0 aliphatic rings. The minimum atomic E-state index is -0.452. The molecule has 0 aromatic heterocycles. The molecule has 0 saturated heterocycles. The van der Waals surface area contributed by atoms with Crippen LogP contribution in [-0.2, 0) is 16.0 Å². The molecule has 0 aliphatic carbocycles. The zero-order valence-electron chi connectivity index (χ0n) is 17.7. The third-order valence-corrected chi connectivity index (χ3v) is 5.74. The van der Waals surface area contributed by atoms with Gasteiger partial charge in [0.15, 0.2) is 0 Å². The fourth-order valence-corrected chi connectivity index (χ4v) is 3.54. The van der Waals surface area contributed by atoms with Crippen LogP contribution in [0.15, 0.2) is 78.9 Å². The van der Waals surface area contributed by atoms with Crippen LogP contribution in [0, 0.1) is 5.82 Å². The number of nitrogens with one attached hydrogen (secondary N) is 2. The van der Waals surface area contributed by atoms with Crippen molar-refractivity contribution in [2.45, 2.75) is 18.6 Å². The smallest absolute Gasteiger partial charge is 0.237 e. The molecule has 0 fully saturated rings. The number of amides is 2. The van der Waals surface area contributed by atoms with Gasteiger partial charge in [-0.3, -0.25) is 9.59 Å². The van der Waals surface area contributed by atoms with Gasteiger partial charge in [0.2, 0.25) is 11.8 Å². The van der Waals surface area contributed by atoms with Crippen molar-refractivity contribution in [1.29, 1.82) is 0 Å². The summed E-state index contributed by atoms with van der Waals surface area (Å²) in [5.41, 5.74) is 2.28. The summed E-state index contributed by atoms with van der Waals surface area (Å²) in [6, 6.07) is 22.8. The highest BCUT2D eigenvalue weighted by molar-refractivity contribution is 8.01. The van der Waals surface area contributed by atoms with Crippen LogP contribution in [0.5, 0.6) is 5.75 Å². The number of anilines is 2. The highest BCUT2D eigenvalue weighted by atomic mass is 32.2. The maximum atomic E-state index is 13.0. The second-order valence-electron chi connectivity index (χ2n) is 7.08. The first kappa shape index (κ1) is 23.3. The maximum absolute atomic E-state index is 13.0. The van der Waals surface area contributed by atoms with Crippen LogP contribution >= 0.6 is 11.8 Å². The molecule has 5 nitrogen and oxygen atoms in total. The van der Waals surface area contributed by atoms with Gasteiger partial charge >= 0.3 is 0 Å². The summed E-state index contributed by atoms with van der Waals surface area (Å²) in [5, 5.41) is 5.11. The average Bonchev–Trinajstić information content (AvgIpc) is 2.81. The van der Waals surface area contributed by atoms with Gasteiger partial charge in [-0.15, -0.1) is 11.8 Å². The molecule has 7 heteroatoms. The summed E-state index contributed by atoms with van der Waals surface area (Å²) in [4.78, 5) is 24.7. The summed E-state index contributed by atoms with van der Waals surface area (Å²) in [7, 11) is 0. The molecule has 2 amide bonds. The van der Waals surface area contributed by atoms with E-state index in [4.69, 9.17) is 4.74 Å². The van der Waals surface area contributed by atoms with Gasteiger partial charge in [0.1, 0.15) is 11.6 Å². The second kappa shape index (κ2) is 11.9. The zero-order chi connectivity index (χ0) is 22.8. The molecule has 3 aromatic rings. The van der Waals surface area contributed by atoms with Crippen molar-refractivity contribution in [1.82, 2.24) is 0 Å². The fourth-order valence-electron chi connectivity index (χ4n) is 2.86. The van der Waals surface area contributed by atoms with Crippen molar-refractivity contribution in [2.75, 3.05) is 23.0 Å². The topological polar surface area (TPSA) is 67.4 Å². The first-order valence-electron chi connectivity index (χ1n) is 10.2. The Morgan fingerprint density at radius 2 is 1.62 bits per heavy atom. The van der Waals surface area contributed by atoms with Gasteiger partial charge in [0, 0.05) is 12.1 Å². The molecule has 1 unspecified atom stereocenters. The molecule has 0 radical (unpaired) electrons. The van der Waals surface area contributed by atoms with E-state index in [0.717, 1.165) is 6.42 Å². The lowest BCUT2D eigenvalue weighted by atomic mass is 10.2. The van der Waals surface area contributed by atoms with Crippen LogP contribution in [0.3, 0.4) is 0 Å². The minimum Gasteiger partial charge on any atom is -0.491 e. The SMILES string of the molecule is CC(SCC(=O)Nc1ccc(F)cc1)C(=O)Nc1ccccc1OCCc1ccccc1. The molecule has 0 saturated carbocycles. The third kappa shape index (κ3) is 7.42. The molecule has 0 bridgehead atoms. The number of carbonyl (C=O) groups excluding carboxylic acids is 2. The van der Waals surface area contributed by atoms with Gasteiger partial charge in [-0.05, 0) is 48.9 Å². The zero-order valence-corrected chi connectivity index (χ0v) is 18.5. The average molecular weight is 453 g/mol. The molecule has 0 spiro atoms. The van der Waals surface area contributed by atoms with E-state index >= 15 is 0 Å². The molecular weight excluding hydrogens is 427 g/mol. The summed E-state index contributed by atoms with van der Waals surface area (Å²) < 4.78 is 18.8. The number of carbonyl (C=O) groups is 2. The summed E-state index contributed by atoms with van der Waals surface area (Å²) in [6.45, 7) is 2.23. The Kier molecular flexibility index (Phi) is 8.69. The molecule has 1 atom stereocenters. The Bertz CT molecular complexity index is 1030. The Morgan fingerprint density at radius 1 is 0.938 bits per heavy atom. The fraction of sp³-hybridized carbons (Fsp3) is 0.200. The summed E-state index contributed by atoms with van der Waals surface area (Å²) in [5.74, 6) is -0.147. The number of rotatable bonds is 10. The monoisotopic (exact) mass is 452 g/mol. The van der Waals surface area contributed by atoms with Crippen molar-refractivity contribution >= 4 is 35.0 Å². The number of hydrogen-bond acceptors (Lipinski definition) is 4. The lowest BCUT2D eigenvalue weighted by Crippen LogP contribution is -2.25. The van der Waals surface area contributed by atoms with Gasteiger partial charge in [-0.25, -0.2) is 4.39 Å². The van der Waals surface area contributed by atoms with Crippen LogP contribution in [0.4, 0.5) is 15.8 Å². The molecule has 0 heterocycles. The van der Waals surface area contributed by atoms with Gasteiger partial charge < -0.3 is 15.4 Å². The predicted molar refractivity (Wildman–Crippen MR) is 128 cm³/mol. The lowest BCUT2D eigenvalue weighted by molar-refractivity contribution is -0.115. The first-order chi connectivity index (χ1) is 15.5. The van der Waals surface area contributed by atoms with E-state index in [2.05, 4.69) is 10.6 Å². The number of para-hydroxylation sites is 2. The number of ether oxygens (including phenoxy) is 1. The van der Waals surface area contributed by atoms with E-state index in [1.54, 1.807) is 13.0 Å². The Labute approximate surface area is 191 Å². The van der Waals surface area contributed by atoms with Gasteiger partial charge in [-0.1, -0.05) is 42.5 Å². The van der Waals surface area contributed by atoms with Crippen LogP contribution < -0.4 is 15.4 Å². The summed E-state index contributed by atoms with van der Waals surface area (Å²) in [6.07, 6.45) is 0.762. The number of halogens is 1. The van der Waals surface area contributed by atoms with Crippen LogP contribution in [0.25, 0.3) is 0 Å². The van der Waals surface area contributed by atoms with E-state index in [9.17, 15) is 14.0 Å². The molecule has 32 heavy (non-hydrogen) atoms. The predicted octanol–water partition coefficient (Wildman–Crippen LogP) is 5.15. The second-order valence-corrected chi connectivity index (χ2v) is 8.41. The molecule has 166 valence electrons. The number of thioether (sulfide) groups is 1. The van der Waals surface area contributed by atoms with E-state index < -0.39 is 5.25 Å². The Balaban J connectivity index is 1.47. The molecule has 3 aromatic carbocycles. The van der Waals surface area contributed by atoms with Crippen LogP contribution in [0.2, 0.25) is 0 Å². The lowest BCUT2D eigenvalue weighted by Gasteiger charge is -2.15. The maximum Gasteiger partial charge on any atom is 0.237 e. The highest BCUT2D eigenvalue weighted by Gasteiger charge is 2.17. The van der Waals surface area contributed by atoms with Gasteiger partial charge in [-0.2, -0.15) is 0 Å².